The molecule has 2 fully saturated rings. The second-order valence-electron chi connectivity index (χ2n) is 11.8. The van der Waals surface area contributed by atoms with Crippen LogP contribution >= 0.6 is 12.4 Å². The Labute approximate surface area is 259 Å². The summed E-state index contributed by atoms with van der Waals surface area (Å²) in [5, 5.41) is 13.9. The van der Waals surface area contributed by atoms with Gasteiger partial charge in [-0.1, -0.05) is 37.6 Å². The topological polar surface area (TPSA) is 93.2 Å². The molecule has 232 valence electrons. The number of unbranched alkanes of at least 4 members (excludes halogenated alkanes) is 1. The van der Waals surface area contributed by atoms with Crippen molar-refractivity contribution in [2.24, 2.45) is 5.92 Å². The molecule has 3 aliphatic rings. The van der Waals surface area contributed by atoms with Crippen molar-refractivity contribution in [3.63, 3.8) is 0 Å². The second-order valence-corrected chi connectivity index (χ2v) is 11.8. The minimum absolute atomic E-state index is 0. The molecule has 2 atom stereocenters. The first-order chi connectivity index (χ1) is 20.2. The van der Waals surface area contributed by atoms with Gasteiger partial charge in [-0.05, 0) is 80.0 Å². The first-order valence-corrected chi connectivity index (χ1v) is 15.1. The molecule has 0 bridgehead atoms. The van der Waals surface area contributed by atoms with Crippen LogP contribution in [0.1, 0.15) is 57.9 Å². The van der Waals surface area contributed by atoms with Crippen LogP contribution < -0.4 is 10.2 Å². The Morgan fingerprint density at radius 2 is 1.63 bits per heavy atom. The zero-order valence-electron chi connectivity index (χ0n) is 24.9. The highest BCUT2D eigenvalue weighted by atomic mass is 35.5. The van der Waals surface area contributed by atoms with Gasteiger partial charge in [-0.3, -0.25) is 24.2 Å². The lowest BCUT2D eigenvalue weighted by atomic mass is 9.79. The predicted molar refractivity (Wildman–Crippen MR) is 167 cm³/mol. The van der Waals surface area contributed by atoms with E-state index in [1.54, 1.807) is 21.9 Å². The average molecular weight is 613 g/mol. The van der Waals surface area contributed by atoms with Crippen molar-refractivity contribution in [1.82, 2.24) is 15.1 Å². The number of piperidine rings is 1. The number of nitrogens with zero attached hydrogens (tertiary/aromatic N) is 3. The summed E-state index contributed by atoms with van der Waals surface area (Å²) in [6.45, 7) is 6.04. The number of amides is 3. The van der Waals surface area contributed by atoms with Gasteiger partial charge in [0, 0.05) is 44.5 Å². The Bertz CT molecular complexity index is 1300. The normalized spacial score (nSPS) is 21.0. The Balaban J connectivity index is 0.00000423. The number of carbonyl (C=O) groups is 3. The molecule has 2 N–H and O–H groups in total. The number of likely N-dealkylation sites (tertiary alicyclic amines) is 1. The van der Waals surface area contributed by atoms with Gasteiger partial charge in [0.1, 0.15) is 17.4 Å². The first kappa shape index (κ1) is 32.6. The van der Waals surface area contributed by atoms with E-state index < -0.39 is 17.7 Å². The van der Waals surface area contributed by atoms with Gasteiger partial charge < -0.3 is 15.3 Å². The molecule has 0 saturated carbocycles. The quantitative estimate of drug-likeness (QED) is 0.400. The first-order valence-electron chi connectivity index (χ1n) is 15.1. The number of nitrogens with one attached hydrogen (secondary N) is 1. The number of aliphatic hydroxyl groups excluding tert-OH is 1. The maximum Gasteiger partial charge on any atom is 0.248 e. The third-order valence-electron chi connectivity index (χ3n) is 9.05. The lowest BCUT2D eigenvalue weighted by molar-refractivity contribution is -0.165. The number of hydrogen-bond donors (Lipinski definition) is 2. The number of carbonyl (C=O) groups excluding carboxylic acids is 3. The van der Waals surface area contributed by atoms with Crippen LogP contribution in [0, 0.1) is 11.7 Å². The number of piperazine rings is 1. The molecule has 0 unspecified atom stereocenters. The van der Waals surface area contributed by atoms with Crippen molar-refractivity contribution in [1.29, 1.82) is 0 Å². The van der Waals surface area contributed by atoms with E-state index in [2.05, 4.69) is 17.1 Å². The molecule has 2 saturated heterocycles. The van der Waals surface area contributed by atoms with Crippen LogP contribution in [0.25, 0.3) is 0 Å². The second kappa shape index (κ2) is 14.0. The van der Waals surface area contributed by atoms with Gasteiger partial charge in [-0.25, -0.2) is 4.39 Å². The summed E-state index contributed by atoms with van der Waals surface area (Å²) >= 11 is 0. The van der Waals surface area contributed by atoms with Crippen molar-refractivity contribution in [2.75, 3.05) is 24.5 Å². The third-order valence-corrected chi connectivity index (χ3v) is 9.05. The van der Waals surface area contributed by atoms with E-state index in [9.17, 15) is 23.9 Å². The van der Waals surface area contributed by atoms with Crippen molar-refractivity contribution < 1.29 is 23.9 Å². The monoisotopic (exact) mass is 612 g/mol. The van der Waals surface area contributed by atoms with Crippen molar-refractivity contribution >= 4 is 41.5 Å². The van der Waals surface area contributed by atoms with Crippen molar-refractivity contribution in [2.45, 2.75) is 76.6 Å². The molecule has 8 nitrogen and oxygen atoms in total. The predicted octanol–water partition coefficient (Wildman–Crippen LogP) is 4.72. The largest absolute Gasteiger partial charge is 0.390 e. The summed E-state index contributed by atoms with van der Waals surface area (Å²) < 4.78 is 13.4. The Hall–Kier alpha value is -3.27. The number of aliphatic hydroxyl groups is 1. The van der Waals surface area contributed by atoms with Crippen LogP contribution in [-0.2, 0) is 20.9 Å². The van der Waals surface area contributed by atoms with Crippen LogP contribution in [0.5, 0.6) is 0 Å². The van der Waals surface area contributed by atoms with E-state index >= 15 is 0 Å². The van der Waals surface area contributed by atoms with E-state index in [0.29, 0.717) is 50.4 Å². The van der Waals surface area contributed by atoms with Gasteiger partial charge in [0.25, 0.3) is 0 Å². The molecule has 0 aromatic heterocycles. The Morgan fingerprint density at radius 1 is 1.05 bits per heavy atom. The maximum atomic E-state index is 13.7. The van der Waals surface area contributed by atoms with Crippen molar-refractivity contribution in [3.05, 3.63) is 72.1 Å². The summed E-state index contributed by atoms with van der Waals surface area (Å²) in [6.07, 6.45) is 7.35. The lowest BCUT2D eigenvalue weighted by Crippen LogP contribution is -2.75. The highest BCUT2D eigenvalue weighted by molar-refractivity contribution is 6.00. The summed E-state index contributed by atoms with van der Waals surface area (Å²) in [5.41, 5.74) is 1.47. The summed E-state index contributed by atoms with van der Waals surface area (Å²) in [4.78, 5) is 45.4. The van der Waals surface area contributed by atoms with E-state index in [-0.39, 0.29) is 41.9 Å². The van der Waals surface area contributed by atoms with Gasteiger partial charge in [-0.2, -0.15) is 0 Å². The standard InChI is InChI=1S/C33H41FN4O4.ClH/c1-3-4-19-37-31(41)29(30(40)25-7-5-6-8-25)35-32(42)33(37)17-20-36(21-18-33)22-24-9-13-27(14-10-24)38(23(2)39)28-15-11-26(34)12-16-28;/h5-6,9-16,25,29-30,40H,3-4,7-8,17-22H2,1-2H3,(H,35,42);1H/t29-,30-;/m1./s1. The number of halogens is 2. The molecular weight excluding hydrogens is 571 g/mol. The zero-order valence-corrected chi connectivity index (χ0v) is 25.7. The molecular formula is C33H42ClFN4O4. The van der Waals surface area contributed by atoms with Crippen LogP contribution in [0.15, 0.2) is 60.7 Å². The molecule has 2 heterocycles. The van der Waals surface area contributed by atoms with Gasteiger partial charge in [0.15, 0.2) is 0 Å². The van der Waals surface area contributed by atoms with Crippen LogP contribution in [0.4, 0.5) is 15.8 Å². The number of anilines is 2. The number of hydrogen-bond acceptors (Lipinski definition) is 5. The highest BCUT2D eigenvalue weighted by Gasteiger charge is 2.55. The average Bonchev–Trinajstić information content (AvgIpc) is 3.53. The van der Waals surface area contributed by atoms with Gasteiger partial charge >= 0.3 is 0 Å². The van der Waals surface area contributed by atoms with Gasteiger partial charge in [-0.15, -0.1) is 12.4 Å². The lowest BCUT2D eigenvalue weighted by Gasteiger charge is -2.52. The van der Waals surface area contributed by atoms with Crippen LogP contribution in [0.3, 0.4) is 0 Å². The van der Waals surface area contributed by atoms with E-state index in [0.717, 1.165) is 31.2 Å². The molecule has 43 heavy (non-hydrogen) atoms. The SMILES string of the molecule is CCCCN1C(=O)[C@@H]([C@H](O)C2CC=CC2)NC(=O)C12CCN(Cc1ccc(N(C(C)=O)c3ccc(F)cc3)cc1)CC2.Cl. The summed E-state index contributed by atoms with van der Waals surface area (Å²) in [5.74, 6) is -0.889. The maximum absolute atomic E-state index is 13.7. The fraction of sp³-hybridized carbons (Fsp3) is 0.485. The molecule has 2 aromatic rings. The number of allylic oxidation sites excluding steroid dienone is 2. The minimum atomic E-state index is -0.900. The molecule has 0 radical (unpaired) electrons. The molecule has 3 amide bonds. The summed E-state index contributed by atoms with van der Waals surface area (Å²) in [6, 6.07) is 12.7. The third kappa shape index (κ3) is 6.79. The smallest absolute Gasteiger partial charge is 0.248 e. The van der Waals surface area contributed by atoms with E-state index in [1.807, 2.05) is 36.4 Å². The zero-order chi connectivity index (χ0) is 29.9. The number of benzene rings is 2. The Morgan fingerprint density at radius 3 is 2.19 bits per heavy atom. The molecule has 1 spiro atoms. The Kier molecular flexibility index (Phi) is 10.6. The van der Waals surface area contributed by atoms with Gasteiger partial charge in [0.2, 0.25) is 17.7 Å². The van der Waals surface area contributed by atoms with Crippen LogP contribution in [0.2, 0.25) is 0 Å². The molecule has 2 aromatic carbocycles. The minimum Gasteiger partial charge on any atom is -0.390 e. The fourth-order valence-corrected chi connectivity index (χ4v) is 6.59. The van der Waals surface area contributed by atoms with E-state index in [1.165, 1.54) is 19.1 Å². The van der Waals surface area contributed by atoms with Gasteiger partial charge in [0.05, 0.1) is 6.10 Å². The summed E-state index contributed by atoms with van der Waals surface area (Å²) in [7, 11) is 0. The molecule has 5 rings (SSSR count). The molecule has 10 heteroatoms. The number of rotatable bonds is 9. The van der Waals surface area contributed by atoms with Crippen molar-refractivity contribution in [3.8, 4) is 0 Å². The molecule has 2 aliphatic heterocycles. The fourth-order valence-electron chi connectivity index (χ4n) is 6.59. The van der Waals surface area contributed by atoms with E-state index in [4.69, 9.17) is 0 Å². The highest BCUT2D eigenvalue weighted by Crippen LogP contribution is 2.36. The molecule has 1 aliphatic carbocycles. The van der Waals surface area contributed by atoms with Crippen LogP contribution in [-0.4, -0.2) is 69.9 Å².